The molecule has 150 valence electrons. The lowest BCUT2D eigenvalue weighted by Crippen LogP contribution is -2.25. The Balaban J connectivity index is 1.92. The number of carbonyl (C=O) groups excluding carboxylic acids is 2. The van der Waals surface area contributed by atoms with Gasteiger partial charge in [-0.05, 0) is 38.5 Å². The molecule has 0 aliphatic rings. The van der Waals surface area contributed by atoms with Crippen molar-refractivity contribution in [3.63, 3.8) is 0 Å². The maximum atomic E-state index is 12.6. The van der Waals surface area contributed by atoms with Crippen LogP contribution in [0.1, 0.15) is 38.3 Å². The highest BCUT2D eigenvalue weighted by atomic mass is 32.1. The molecular formula is C19H18N4O5S. The zero-order valence-electron chi connectivity index (χ0n) is 15.9. The summed E-state index contributed by atoms with van der Waals surface area (Å²) in [5.74, 6) is -1.86. The standard InChI is InChI=1S/C19H18N4O5S/c1-4-28-18(27)16-11(3)20-19(29-16)21-17(26)15-13(24)9-14(25)23(22-15)12-7-5-6-10(2)8-12/h5-9,24H,4H2,1-3H3,(H,20,21,26). The smallest absolute Gasteiger partial charge is 0.350 e. The molecule has 1 aromatic carbocycles. The van der Waals surface area contributed by atoms with Crippen LogP contribution in [0.2, 0.25) is 0 Å². The summed E-state index contributed by atoms with van der Waals surface area (Å²) in [5.41, 5.74) is 0.834. The van der Waals surface area contributed by atoms with Gasteiger partial charge in [0.2, 0.25) is 0 Å². The molecule has 2 N–H and O–H groups in total. The highest BCUT2D eigenvalue weighted by Crippen LogP contribution is 2.24. The van der Waals surface area contributed by atoms with E-state index < -0.39 is 23.2 Å². The molecule has 0 saturated carbocycles. The maximum Gasteiger partial charge on any atom is 0.350 e. The number of nitrogens with one attached hydrogen (secondary N) is 1. The van der Waals surface area contributed by atoms with Crippen molar-refractivity contribution >= 4 is 28.3 Å². The molecule has 0 spiro atoms. The number of benzene rings is 1. The molecule has 0 radical (unpaired) electrons. The van der Waals surface area contributed by atoms with Crippen LogP contribution < -0.4 is 10.9 Å². The van der Waals surface area contributed by atoms with Crippen LogP contribution in [0.25, 0.3) is 5.69 Å². The third-order valence-corrected chi connectivity index (χ3v) is 4.90. The number of thiazole rings is 1. The fourth-order valence-corrected chi connectivity index (χ4v) is 3.40. The van der Waals surface area contributed by atoms with E-state index in [9.17, 15) is 19.5 Å². The molecule has 0 saturated heterocycles. The van der Waals surface area contributed by atoms with Gasteiger partial charge in [-0.25, -0.2) is 9.78 Å². The summed E-state index contributed by atoms with van der Waals surface area (Å²) in [7, 11) is 0. The number of anilines is 1. The van der Waals surface area contributed by atoms with Crippen molar-refractivity contribution in [2.24, 2.45) is 0 Å². The van der Waals surface area contributed by atoms with E-state index in [0.29, 0.717) is 11.4 Å². The van der Waals surface area contributed by atoms with Crippen LogP contribution in [-0.2, 0) is 4.74 Å². The van der Waals surface area contributed by atoms with E-state index in [2.05, 4.69) is 15.4 Å². The zero-order chi connectivity index (χ0) is 21.1. The van der Waals surface area contributed by atoms with Crippen molar-refractivity contribution < 1.29 is 19.4 Å². The van der Waals surface area contributed by atoms with Crippen LogP contribution in [0, 0.1) is 13.8 Å². The Morgan fingerprint density at radius 1 is 1.28 bits per heavy atom. The van der Waals surface area contributed by atoms with E-state index >= 15 is 0 Å². The van der Waals surface area contributed by atoms with Crippen LogP contribution >= 0.6 is 11.3 Å². The number of aryl methyl sites for hydroxylation is 2. The number of ether oxygens (including phenoxy) is 1. The average molecular weight is 414 g/mol. The summed E-state index contributed by atoms with van der Waals surface area (Å²) in [6, 6.07) is 7.91. The number of hydrogen-bond donors (Lipinski definition) is 2. The van der Waals surface area contributed by atoms with Gasteiger partial charge >= 0.3 is 5.97 Å². The maximum absolute atomic E-state index is 12.6. The van der Waals surface area contributed by atoms with E-state index in [-0.39, 0.29) is 22.3 Å². The lowest BCUT2D eigenvalue weighted by Gasteiger charge is -2.09. The zero-order valence-corrected chi connectivity index (χ0v) is 16.7. The lowest BCUT2D eigenvalue weighted by atomic mass is 10.2. The predicted octanol–water partition coefficient (Wildman–Crippen LogP) is 2.44. The molecule has 0 atom stereocenters. The highest BCUT2D eigenvalue weighted by molar-refractivity contribution is 7.17. The molecule has 0 unspecified atom stereocenters. The first kappa shape index (κ1) is 20.2. The normalized spacial score (nSPS) is 10.6. The molecule has 3 aromatic rings. The predicted molar refractivity (Wildman–Crippen MR) is 107 cm³/mol. The Labute approximate surface area is 169 Å². The molecule has 2 aromatic heterocycles. The molecule has 1 amide bonds. The van der Waals surface area contributed by atoms with Gasteiger partial charge in [-0.1, -0.05) is 23.5 Å². The minimum Gasteiger partial charge on any atom is -0.505 e. The second-order valence-electron chi connectivity index (χ2n) is 6.08. The first-order valence-corrected chi connectivity index (χ1v) is 9.48. The van der Waals surface area contributed by atoms with Crippen LogP contribution in [0.15, 0.2) is 35.1 Å². The van der Waals surface area contributed by atoms with E-state index in [4.69, 9.17) is 4.74 Å². The van der Waals surface area contributed by atoms with E-state index in [1.807, 2.05) is 13.0 Å². The fourth-order valence-electron chi connectivity index (χ4n) is 2.55. The Hall–Kier alpha value is -3.53. The highest BCUT2D eigenvalue weighted by Gasteiger charge is 2.21. The number of aromatic hydroxyl groups is 1. The van der Waals surface area contributed by atoms with Crippen molar-refractivity contribution in [3.05, 3.63) is 62.5 Å². The molecule has 0 fully saturated rings. The van der Waals surface area contributed by atoms with Crippen LogP contribution in [0.5, 0.6) is 5.75 Å². The second kappa shape index (κ2) is 8.23. The largest absolute Gasteiger partial charge is 0.505 e. The van der Waals surface area contributed by atoms with Gasteiger partial charge in [0, 0.05) is 6.07 Å². The van der Waals surface area contributed by atoms with Gasteiger partial charge in [0.05, 0.1) is 18.0 Å². The van der Waals surface area contributed by atoms with Gasteiger partial charge in [-0.15, -0.1) is 0 Å². The molecule has 0 bridgehead atoms. The SMILES string of the molecule is CCOC(=O)c1sc(NC(=O)c2nn(-c3cccc(C)c3)c(=O)cc2O)nc1C. The average Bonchev–Trinajstić information content (AvgIpc) is 3.02. The molecule has 9 nitrogen and oxygen atoms in total. The Morgan fingerprint density at radius 2 is 2.03 bits per heavy atom. The fraction of sp³-hybridized carbons (Fsp3) is 0.211. The number of amides is 1. The summed E-state index contributed by atoms with van der Waals surface area (Å²) in [4.78, 5) is 41.1. The number of rotatable bonds is 5. The van der Waals surface area contributed by atoms with Crippen molar-refractivity contribution in [2.75, 3.05) is 11.9 Å². The minimum absolute atomic E-state index is 0.144. The summed E-state index contributed by atoms with van der Waals surface area (Å²) < 4.78 is 5.97. The van der Waals surface area contributed by atoms with Gasteiger partial charge < -0.3 is 9.84 Å². The first-order chi connectivity index (χ1) is 13.8. The van der Waals surface area contributed by atoms with Gasteiger partial charge in [-0.3, -0.25) is 14.9 Å². The van der Waals surface area contributed by atoms with Gasteiger partial charge in [-0.2, -0.15) is 9.78 Å². The first-order valence-electron chi connectivity index (χ1n) is 8.66. The van der Waals surface area contributed by atoms with E-state index in [1.165, 1.54) is 0 Å². The molecule has 29 heavy (non-hydrogen) atoms. The number of carbonyl (C=O) groups is 2. The van der Waals surface area contributed by atoms with E-state index in [0.717, 1.165) is 27.6 Å². The van der Waals surface area contributed by atoms with Crippen molar-refractivity contribution in [3.8, 4) is 11.4 Å². The lowest BCUT2D eigenvalue weighted by molar-refractivity contribution is 0.0531. The Morgan fingerprint density at radius 3 is 2.72 bits per heavy atom. The molecular weight excluding hydrogens is 396 g/mol. The van der Waals surface area contributed by atoms with Gasteiger partial charge in [0.15, 0.2) is 16.6 Å². The second-order valence-corrected chi connectivity index (χ2v) is 7.07. The number of aromatic nitrogens is 3. The van der Waals surface area contributed by atoms with Gasteiger partial charge in [0.1, 0.15) is 4.88 Å². The molecule has 0 aliphatic carbocycles. The van der Waals surface area contributed by atoms with Crippen molar-refractivity contribution in [2.45, 2.75) is 20.8 Å². The molecule has 10 heteroatoms. The third-order valence-electron chi connectivity index (χ3n) is 3.85. The molecule has 0 aliphatic heterocycles. The quantitative estimate of drug-likeness (QED) is 0.615. The van der Waals surface area contributed by atoms with Crippen molar-refractivity contribution in [1.82, 2.24) is 14.8 Å². The topological polar surface area (TPSA) is 123 Å². The van der Waals surface area contributed by atoms with Crippen LogP contribution in [0.3, 0.4) is 0 Å². The number of nitrogens with zero attached hydrogens (tertiary/aromatic N) is 3. The minimum atomic E-state index is -0.770. The number of esters is 1. The van der Waals surface area contributed by atoms with E-state index in [1.54, 1.807) is 32.0 Å². The Bertz CT molecular complexity index is 1150. The van der Waals surface area contributed by atoms with Crippen molar-refractivity contribution in [1.29, 1.82) is 0 Å². The summed E-state index contributed by atoms with van der Waals surface area (Å²) in [6.07, 6.45) is 0. The monoisotopic (exact) mass is 414 g/mol. The summed E-state index contributed by atoms with van der Waals surface area (Å²) in [6.45, 7) is 5.38. The molecule has 3 rings (SSSR count). The molecule has 2 heterocycles. The third kappa shape index (κ3) is 4.32. The number of hydrogen-bond acceptors (Lipinski definition) is 8. The van der Waals surface area contributed by atoms with Crippen LogP contribution in [-0.4, -0.2) is 38.4 Å². The van der Waals surface area contributed by atoms with Crippen LogP contribution in [0.4, 0.5) is 5.13 Å². The Kier molecular flexibility index (Phi) is 5.74. The summed E-state index contributed by atoms with van der Waals surface area (Å²) in [5, 5.41) is 16.7. The van der Waals surface area contributed by atoms with Gasteiger partial charge in [0.25, 0.3) is 11.5 Å². The summed E-state index contributed by atoms with van der Waals surface area (Å²) >= 11 is 0.947.